The van der Waals surface area contributed by atoms with Gasteiger partial charge in [0.1, 0.15) is 5.82 Å². The van der Waals surface area contributed by atoms with Gasteiger partial charge in [0.2, 0.25) is 5.91 Å². The van der Waals surface area contributed by atoms with Crippen molar-refractivity contribution < 1.29 is 22.4 Å². The first kappa shape index (κ1) is 13.1. The molecule has 1 fully saturated rings. The summed E-state index contributed by atoms with van der Waals surface area (Å²) >= 11 is 5.73. The van der Waals surface area contributed by atoms with Crippen molar-refractivity contribution in [2.24, 2.45) is 0 Å². The number of anilines is 1. The number of hydrogen-bond acceptors (Lipinski definition) is 1. The second-order valence-electron chi connectivity index (χ2n) is 3.97. The summed E-state index contributed by atoms with van der Waals surface area (Å²) in [5.74, 6) is -1.35. The molecule has 1 aromatic rings. The van der Waals surface area contributed by atoms with Crippen LogP contribution in [0, 0.1) is 5.82 Å². The van der Waals surface area contributed by atoms with E-state index in [1.165, 1.54) is 0 Å². The summed E-state index contributed by atoms with van der Waals surface area (Å²) in [6, 6.07) is 1.96. The fraction of sp³-hybridized carbons (Fsp3) is 0.364. The highest BCUT2D eigenvalue weighted by Gasteiger charge is 2.35. The summed E-state index contributed by atoms with van der Waals surface area (Å²) in [7, 11) is 0. The minimum absolute atomic E-state index is 0.00274. The third-order valence-corrected chi connectivity index (χ3v) is 2.93. The van der Waals surface area contributed by atoms with Crippen molar-refractivity contribution in [3.8, 4) is 0 Å². The van der Waals surface area contributed by atoms with Gasteiger partial charge in [-0.05, 0) is 18.2 Å². The van der Waals surface area contributed by atoms with E-state index in [2.05, 4.69) is 0 Å². The first-order valence-electron chi connectivity index (χ1n) is 5.10. The van der Waals surface area contributed by atoms with Gasteiger partial charge in [-0.2, -0.15) is 13.2 Å². The van der Waals surface area contributed by atoms with Crippen LogP contribution in [0.2, 0.25) is 0 Å². The Balaban J connectivity index is 2.41. The van der Waals surface area contributed by atoms with Crippen molar-refractivity contribution in [1.82, 2.24) is 0 Å². The molecule has 0 spiro atoms. The number of nitrogens with zero attached hydrogens (tertiary/aromatic N) is 1. The van der Waals surface area contributed by atoms with Gasteiger partial charge in [0.15, 0.2) is 0 Å². The SMILES string of the molecule is O=C1CC(Cl)CN1c1cc(C(F)(F)F)ccc1F. The van der Waals surface area contributed by atoms with Crippen LogP contribution in [0.25, 0.3) is 0 Å². The Kier molecular flexibility index (Phi) is 3.23. The second-order valence-corrected chi connectivity index (χ2v) is 4.59. The van der Waals surface area contributed by atoms with Crippen molar-refractivity contribution in [3.05, 3.63) is 29.6 Å². The molecule has 1 atom stereocenters. The minimum Gasteiger partial charge on any atom is -0.308 e. The number of carbonyl (C=O) groups is 1. The van der Waals surface area contributed by atoms with Crippen molar-refractivity contribution in [1.29, 1.82) is 0 Å². The smallest absolute Gasteiger partial charge is 0.308 e. The molecule has 2 rings (SSSR count). The van der Waals surface area contributed by atoms with Gasteiger partial charge in [0.25, 0.3) is 0 Å². The lowest BCUT2D eigenvalue weighted by molar-refractivity contribution is -0.137. The third-order valence-electron chi connectivity index (χ3n) is 2.64. The van der Waals surface area contributed by atoms with Gasteiger partial charge in [-0.3, -0.25) is 4.79 Å². The quantitative estimate of drug-likeness (QED) is 0.572. The molecule has 98 valence electrons. The van der Waals surface area contributed by atoms with Crippen molar-refractivity contribution in [2.75, 3.05) is 11.4 Å². The zero-order chi connectivity index (χ0) is 13.5. The maximum absolute atomic E-state index is 13.5. The van der Waals surface area contributed by atoms with Gasteiger partial charge in [-0.1, -0.05) is 0 Å². The zero-order valence-electron chi connectivity index (χ0n) is 8.97. The molecule has 1 saturated heterocycles. The molecule has 1 aromatic carbocycles. The summed E-state index contributed by atoms with van der Waals surface area (Å²) in [5.41, 5.74) is -1.37. The summed E-state index contributed by atoms with van der Waals surface area (Å²) in [6.45, 7) is 0.0125. The Bertz CT molecular complexity index is 488. The number of alkyl halides is 4. The van der Waals surface area contributed by atoms with Crippen molar-refractivity contribution in [2.45, 2.75) is 18.0 Å². The number of hydrogen-bond donors (Lipinski definition) is 0. The highest BCUT2D eigenvalue weighted by Crippen LogP contribution is 2.34. The molecule has 2 nitrogen and oxygen atoms in total. The lowest BCUT2D eigenvalue weighted by Crippen LogP contribution is -2.26. The second kappa shape index (κ2) is 4.42. The molecule has 0 radical (unpaired) electrons. The van der Waals surface area contributed by atoms with Gasteiger partial charge in [-0.25, -0.2) is 4.39 Å². The van der Waals surface area contributed by atoms with Crippen LogP contribution in [-0.2, 0) is 11.0 Å². The number of halogens is 5. The Labute approximate surface area is 105 Å². The van der Waals surface area contributed by atoms with E-state index in [1.54, 1.807) is 0 Å². The van der Waals surface area contributed by atoms with E-state index in [4.69, 9.17) is 11.6 Å². The van der Waals surface area contributed by atoms with Crippen molar-refractivity contribution >= 4 is 23.2 Å². The third kappa shape index (κ3) is 2.43. The maximum atomic E-state index is 13.5. The highest BCUT2D eigenvalue weighted by molar-refractivity contribution is 6.24. The predicted octanol–water partition coefficient (Wildman–Crippen LogP) is 3.19. The molecular formula is C11H8ClF4NO. The summed E-state index contributed by atoms with van der Waals surface area (Å²) in [4.78, 5) is 12.4. The average molecular weight is 282 g/mol. The molecule has 18 heavy (non-hydrogen) atoms. The fourth-order valence-electron chi connectivity index (χ4n) is 1.79. The molecule has 1 amide bonds. The van der Waals surface area contributed by atoms with E-state index >= 15 is 0 Å². The van der Waals surface area contributed by atoms with E-state index in [9.17, 15) is 22.4 Å². The molecule has 0 N–H and O–H groups in total. The number of carbonyl (C=O) groups excluding carboxylic acids is 1. The largest absolute Gasteiger partial charge is 0.416 e. The first-order chi connectivity index (χ1) is 8.29. The van der Waals surface area contributed by atoms with Crippen LogP contribution >= 0.6 is 11.6 Å². The Morgan fingerprint density at radius 3 is 2.50 bits per heavy atom. The normalized spacial score (nSPS) is 20.6. The maximum Gasteiger partial charge on any atom is 0.416 e. The highest BCUT2D eigenvalue weighted by atomic mass is 35.5. The first-order valence-corrected chi connectivity index (χ1v) is 5.54. The molecular weight excluding hydrogens is 274 g/mol. The number of rotatable bonds is 1. The van der Waals surface area contributed by atoms with E-state index in [-0.39, 0.29) is 18.7 Å². The average Bonchev–Trinajstić information content (AvgIpc) is 2.56. The van der Waals surface area contributed by atoms with Crippen molar-refractivity contribution in [3.63, 3.8) is 0 Å². The lowest BCUT2D eigenvalue weighted by atomic mass is 10.1. The van der Waals surface area contributed by atoms with Crippen LogP contribution in [0.4, 0.5) is 23.2 Å². The molecule has 1 aliphatic rings. The fourth-order valence-corrected chi connectivity index (χ4v) is 2.06. The Morgan fingerprint density at radius 2 is 2.00 bits per heavy atom. The van der Waals surface area contributed by atoms with E-state index in [0.29, 0.717) is 18.2 Å². The monoisotopic (exact) mass is 281 g/mol. The van der Waals surface area contributed by atoms with Crippen LogP contribution in [-0.4, -0.2) is 17.8 Å². The lowest BCUT2D eigenvalue weighted by Gasteiger charge is -2.18. The van der Waals surface area contributed by atoms with Crippen LogP contribution in [0.5, 0.6) is 0 Å². The molecule has 1 unspecified atom stereocenters. The molecule has 1 aliphatic heterocycles. The summed E-state index contributed by atoms with van der Waals surface area (Å²) in [5, 5.41) is -0.508. The molecule has 0 saturated carbocycles. The number of amides is 1. The van der Waals surface area contributed by atoms with Crippen LogP contribution in [0.1, 0.15) is 12.0 Å². The van der Waals surface area contributed by atoms with Crippen LogP contribution in [0.3, 0.4) is 0 Å². The van der Waals surface area contributed by atoms with E-state index in [0.717, 1.165) is 4.90 Å². The summed E-state index contributed by atoms with van der Waals surface area (Å²) < 4.78 is 51.0. The van der Waals surface area contributed by atoms with E-state index in [1.807, 2.05) is 0 Å². The molecule has 1 heterocycles. The minimum atomic E-state index is -4.58. The number of benzene rings is 1. The van der Waals surface area contributed by atoms with Gasteiger partial charge in [0, 0.05) is 13.0 Å². The molecule has 7 heteroatoms. The van der Waals surface area contributed by atoms with Crippen LogP contribution in [0.15, 0.2) is 18.2 Å². The Hall–Kier alpha value is -1.30. The van der Waals surface area contributed by atoms with E-state index < -0.39 is 28.8 Å². The molecule has 0 bridgehead atoms. The molecule has 0 aliphatic carbocycles. The van der Waals surface area contributed by atoms with Gasteiger partial charge >= 0.3 is 6.18 Å². The van der Waals surface area contributed by atoms with Gasteiger partial charge in [0.05, 0.1) is 16.6 Å². The van der Waals surface area contributed by atoms with Gasteiger partial charge < -0.3 is 4.90 Å². The Morgan fingerprint density at radius 1 is 1.33 bits per heavy atom. The zero-order valence-corrected chi connectivity index (χ0v) is 9.72. The molecule has 0 aromatic heterocycles. The standard InChI is InChI=1S/C11H8ClF4NO/c12-7-4-10(18)17(5-7)9-3-6(11(14,15)16)1-2-8(9)13/h1-3,7H,4-5H2. The predicted molar refractivity (Wildman–Crippen MR) is 58.0 cm³/mol. The summed E-state index contributed by atoms with van der Waals surface area (Å²) in [6.07, 6.45) is -4.58. The van der Waals surface area contributed by atoms with Gasteiger partial charge in [-0.15, -0.1) is 11.6 Å². The van der Waals surface area contributed by atoms with Crippen LogP contribution < -0.4 is 4.90 Å². The topological polar surface area (TPSA) is 20.3 Å².